The van der Waals surface area contributed by atoms with E-state index in [0.717, 1.165) is 33.5 Å². The highest BCUT2D eigenvalue weighted by Gasteiger charge is 2.24. The Kier molecular flexibility index (Phi) is 5.00. The van der Waals surface area contributed by atoms with Crippen molar-refractivity contribution in [3.05, 3.63) is 86.7 Å². The van der Waals surface area contributed by atoms with Crippen molar-refractivity contribution in [3.63, 3.8) is 0 Å². The molecule has 156 valence electrons. The first-order valence-corrected chi connectivity index (χ1v) is 10.4. The Hall–Kier alpha value is -3.15. The molecule has 1 aliphatic heterocycles. The topological polar surface area (TPSA) is 51.9 Å². The molecular weight excluding hydrogens is 437 g/mol. The van der Waals surface area contributed by atoms with Crippen LogP contribution in [0, 0.1) is 0 Å². The largest absolute Gasteiger partial charge is 0.497 e. The number of rotatable bonds is 3. The fourth-order valence-corrected chi connectivity index (χ4v) is 4.23. The Morgan fingerprint density at radius 1 is 1.00 bits per heavy atom. The zero-order valence-electron chi connectivity index (χ0n) is 16.5. The van der Waals surface area contributed by atoms with E-state index in [0.29, 0.717) is 34.7 Å². The second kappa shape index (κ2) is 7.84. The summed E-state index contributed by atoms with van der Waals surface area (Å²) in [5, 5.41) is 1.97. The van der Waals surface area contributed by atoms with Gasteiger partial charge in [0.25, 0.3) is 0 Å². The molecule has 0 atom stereocenters. The monoisotopic (exact) mass is 453 g/mol. The van der Waals surface area contributed by atoms with Crippen LogP contribution in [0.5, 0.6) is 11.5 Å². The van der Waals surface area contributed by atoms with Crippen molar-refractivity contribution in [2.45, 2.75) is 6.54 Å². The van der Waals surface area contributed by atoms with Crippen molar-refractivity contribution >= 4 is 39.9 Å². The van der Waals surface area contributed by atoms with Gasteiger partial charge in [-0.1, -0.05) is 35.3 Å². The second-order valence-corrected chi connectivity index (χ2v) is 8.04. The van der Waals surface area contributed by atoms with Gasteiger partial charge in [-0.05, 0) is 53.6 Å². The van der Waals surface area contributed by atoms with E-state index in [1.54, 1.807) is 25.3 Å². The average Bonchev–Trinajstić information content (AvgIpc) is 2.80. The van der Waals surface area contributed by atoms with Crippen LogP contribution in [0.25, 0.3) is 22.1 Å². The van der Waals surface area contributed by atoms with Crippen LogP contribution in [-0.2, 0) is 6.54 Å². The highest BCUT2D eigenvalue weighted by atomic mass is 35.5. The molecule has 0 unspecified atom stereocenters. The van der Waals surface area contributed by atoms with Gasteiger partial charge in [0.15, 0.2) is 6.73 Å². The predicted octanol–water partition coefficient (Wildman–Crippen LogP) is 6.13. The number of methoxy groups -OCH3 is 1. The maximum absolute atomic E-state index is 12.5. The highest BCUT2D eigenvalue weighted by Crippen LogP contribution is 2.39. The number of benzene rings is 3. The van der Waals surface area contributed by atoms with Gasteiger partial charge in [-0.15, -0.1) is 0 Å². The lowest BCUT2D eigenvalue weighted by Gasteiger charge is -2.31. The van der Waals surface area contributed by atoms with Gasteiger partial charge in [-0.3, -0.25) is 0 Å². The maximum atomic E-state index is 12.5. The van der Waals surface area contributed by atoms with E-state index in [2.05, 4.69) is 0 Å². The van der Waals surface area contributed by atoms with E-state index in [-0.39, 0.29) is 0 Å². The Bertz CT molecular complexity index is 1350. The molecule has 0 bridgehead atoms. The van der Waals surface area contributed by atoms with Gasteiger partial charge in [0.05, 0.1) is 29.9 Å². The molecule has 0 N–H and O–H groups in total. The molecule has 0 saturated carbocycles. The molecule has 4 aromatic rings. The van der Waals surface area contributed by atoms with Crippen molar-refractivity contribution in [1.29, 1.82) is 0 Å². The van der Waals surface area contributed by atoms with Crippen molar-refractivity contribution in [3.8, 4) is 22.6 Å². The fraction of sp³-hybridized carbons (Fsp3) is 0.125. The van der Waals surface area contributed by atoms with Crippen molar-refractivity contribution < 1.29 is 13.9 Å². The van der Waals surface area contributed by atoms with Gasteiger partial charge < -0.3 is 18.8 Å². The molecule has 5 nitrogen and oxygen atoms in total. The van der Waals surface area contributed by atoms with E-state index in [4.69, 9.17) is 37.1 Å². The number of hydrogen-bond acceptors (Lipinski definition) is 5. The van der Waals surface area contributed by atoms with E-state index in [9.17, 15) is 4.79 Å². The molecule has 5 rings (SSSR count). The summed E-state index contributed by atoms with van der Waals surface area (Å²) in [7, 11) is 1.62. The summed E-state index contributed by atoms with van der Waals surface area (Å²) < 4.78 is 16.9. The van der Waals surface area contributed by atoms with Crippen molar-refractivity contribution in [2.75, 3.05) is 18.7 Å². The Labute approximate surface area is 188 Å². The minimum absolute atomic E-state index is 0.307. The van der Waals surface area contributed by atoms with Gasteiger partial charge in [0.1, 0.15) is 17.1 Å². The van der Waals surface area contributed by atoms with Gasteiger partial charge in [-0.2, -0.15) is 0 Å². The number of nitrogens with zero attached hydrogens (tertiary/aromatic N) is 1. The molecule has 0 aliphatic carbocycles. The molecule has 0 saturated heterocycles. The van der Waals surface area contributed by atoms with Crippen LogP contribution in [0.3, 0.4) is 0 Å². The van der Waals surface area contributed by atoms with Crippen LogP contribution in [-0.4, -0.2) is 13.8 Å². The molecule has 2 heterocycles. The first-order valence-electron chi connectivity index (χ1n) is 9.60. The average molecular weight is 454 g/mol. The molecule has 7 heteroatoms. The van der Waals surface area contributed by atoms with Crippen molar-refractivity contribution in [1.82, 2.24) is 0 Å². The van der Waals surface area contributed by atoms with E-state index < -0.39 is 5.63 Å². The number of ether oxygens (including phenoxy) is 2. The predicted molar refractivity (Wildman–Crippen MR) is 123 cm³/mol. The van der Waals surface area contributed by atoms with E-state index in [1.165, 1.54) is 6.07 Å². The fourth-order valence-electron chi connectivity index (χ4n) is 3.83. The first-order chi connectivity index (χ1) is 15.0. The Morgan fingerprint density at radius 3 is 2.58 bits per heavy atom. The Balaban J connectivity index is 1.64. The molecule has 0 amide bonds. The zero-order chi connectivity index (χ0) is 21.5. The van der Waals surface area contributed by atoms with Gasteiger partial charge in [-0.25, -0.2) is 4.79 Å². The summed E-state index contributed by atoms with van der Waals surface area (Å²) in [5.74, 6) is 1.42. The van der Waals surface area contributed by atoms with E-state index >= 15 is 0 Å². The summed E-state index contributed by atoms with van der Waals surface area (Å²) in [4.78, 5) is 14.4. The molecule has 0 fully saturated rings. The van der Waals surface area contributed by atoms with Crippen LogP contribution >= 0.6 is 23.2 Å². The van der Waals surface area contributed by atoms with Crippen LogP contribution in [0.1, 0.15) is 5.56 Å². The summed E-state index contributed by atoms with van der Waals surface area (Å²) in [6.45, 7) is 0.767. The van der Waals surface area contributed by atoms with Crippen LogP contribution in [0.2, 0.25) is 10.0 Å². The normalized spacial score (nSPS) is 13.1. The molecule has 1 aliphatic rings. The number of halogens is 2. The van der Waals surface area contributed by atoms with E-state index in [1.807, 2.05) is 41.3 Å². The summed E-state index contributed by atoms with van der Waals surface area (Å²) in [5.41, 5.74) is 3.29. The third-order valence-corrected chi connectivity index (χ3v) is 5.90. The van der Waals surface area contributed by atoms with Crippen LogP contribution in [0.4, 0.5) is 5.69 Å². The molecule has 1 aromatic heterocycles. The molecule has 31 heavy (non-hydrogen) atoms. The summed E-state index contributed by atoms with van der Waals surface area (Å²) in [6, 6.07) is 18.2. The highest BCUT2D eigenvalue weighted by molar-refractivity contribution is 6.35. The zero-order valence-corrected chi connectivity index (χ0v) is 18.0. The Morgan fingerprint density at radius 2 is 1.81 bits per heavy atom. The molecule has 0 radical (unpaired) electrons. The first kappa shape index (κ1) is 19.8. The van der Waals surface area contributed by atoms with Crippen LogP contribution in [0.15, 0.2) is 69.9 Å². The third kappa shape index (κ3) is 3.60. The molecule has 3 aromatic carbocycles. The minimum Gasteiger partial charge on any atom is -0.497 e. The number of fused-ring (bicyclic) bond motifs is 3. The minimum atomic E-state index is -0.426. The third-order valence-electron chi connectivity index (χ3n) is 5.35. The summed E-state index contributed by atoms with van der Waals surface area (Å²) in [6.07, 6.45) is 0. The van der Waals surface area contributed by atoms with Crippen LogP contribution < -0.4 is 20.0 Å². The lowest BCUT2D eigenvalue weighted by Crippen LogP contribution is -2.32. The van der Waals surface area contributed by atoms with Crippen molar-refractivity contribution in [2.24, 2.45) is 0 Å². The quantitative estimate of drug-likeness (QED) is 0.349. The second-order valence-electron chi connectivity index (χ2n) is 7.19. The SMILES string of the molecule is COc1ccc(-c2cc(=O)oc3c4c(ccc23)OCN(c2cc(Cl)ccc2Cl)C4)cc1. The van der Waals surface area contributed by atoms with Gasteiger partial charge in [0, 0.05) is 16.5 Å². The van der Waals surface area contributed by atoms with Gasteiger partial charge in [0.2, 0.25) is 0 Å². The smallest absolute Gasteiger partial charge is 0.336 e. The van der Waals surface area contributed by atoms with Gasteiger partial charge >= 0.3 is 5.63 Å². The maximum Gasteiger partial charge on any atom is 0.336 e. The molecule has 0 spiro atoms. The lowest BCUT2D eigenvalue weighted by molar-refractivity contribution is 0.289. The number of hydrogen-bond donors (Lipinski definition) is 0. The standard InChI is InChI=1S/C24H17Cl2NO4/c1-29-16-5-2-14(3-6-16)18-11-23(28)31-24-17(18)7-9-22-19(24)12-27(13-30-22)21-10-15(25)4-8-20(21)26/h2-11H,12-13H2,1H3. The summed E-state index contributed by atoms with van der Waals surface area (Å²) >= 11 is 12.6. The number of anilines is 1. The lowest BCUT2D eigenvalue weighted by atomic mass is 9.99. The molecular formula is C24H17Cl2NO4.